The van der Waals surface area contributed by atoms with Crippen molar-refractivity contribution in [1.82, 2.24) is 0 Å². The van der Waals surface area contributed by atoms with E-state index in [0.717, 1.165) is 5.54 Å². The molecule has 0 aliphatic heterocycles. The number of carboxylic acid groups (broad SMARTS) is 1. The van der Waals surface area contributed by atoms with Crippen molar-refractivity contribution in [1.29, 1.82) is 0 Å². The van der Waals surface area contributed by atoms with Gasteiger partial charge in [-0.1, -0.05) is 0 Å². The van der Waals surface area contributed by atoms with E-state index in [1.807, 2.05) is 0 Å². The lowest BCUT2D eigenvalue weighted by Gasteiger charge is -2.01. The molecule has 0 bridgehead atoms. The van der Waals surface area contributed by atoms with Gasteiger partial charge in [0.1, 0.15) is 20.0 Å². The van der Waals surface area contributed by atoms with Gasteiger partial charge in [0.2, 0.25) is 0 Å². The topological polar surface area (TPSA) is 124 Å². The number of rotatable bonds is 5. The first kappa shape index (κ1) is 12.6. The monoisotopic (exact) mass is 226 g/mol. The summed E-state index contributed by atoms with van der Waals surface area (Å²) in [5, 5.41) is 8.34. The van der Waals surface area contributed by atoms with Crippen molar-refractivity contribution in [3.63, 3.8) is 0 Å². The van der Waals surface area contributed by atoms with Crippen LogP contribution in [0.1, 0.15) is 6.42 Å². The third-order valence-electron chi connectivity index (χ3n) is 1.21. The Morgan fingerprint density at radius 2 is 2.23 bits per heavy atom. The molecule has 0 rings (SSSR count). The molecular formula is C5H10NO5P2+. The van der Waals surface area contributed by atoms with Crippen molar-refractivity contribution in [3.05, 3.63) is 0 Å². The number of carbonyl (C=O) groups is 1. The van der Waals surface area contributed by atoms with E-state index >= 15 is 0 Å². The molecule has 74 valence electrons. The first-order valence-electron chi connectivity index (χ1n) is 3.36. The minimum atomic E-state index is -2.53. The molecule has 8 heteroatoms. The fourth-order valence-electron chi connectivity index (χ4n) is 0.558. The van der Waals surface area contributed by atoms with E-state index < -0.39 is 27.8 Å². The van der Waals surface area contributed by atoms with Gasteiger partial charge in [0, 0.05) is 6.42 Å². The van der Waals surface area contributed by atoms with Crippen molar-refractivity contribution < 1.29 is 24.3 Å². The van der Waals surface area contributed by atoms with Crippen LogP contribution in [-0.4, -0.2) is 33.7 Å². The number of aliphatic carboxylic acids is 1. The lowest BCUT2D eigenvalue weighted by atomic mass is 10.2. The van der Waals surface area contributed by atoms with Gasteiger partial charge in [0.05, 0.1) is 0 Å². The highest BCUT2D eigenvalue weighted by Crippen LogP contribution is 2.21. The highest BCUT2D eigenvalue weighted by Gasteiger charge is 2.16. The second-order valence-electron chi connectivity index (χ2n) is 2.29. The Hall–Kier alpha value is -0.380. The lowest BCUT2D eigenvalue weighted by Crippen LogP contribution is -2.30. The van der Waals surface area contributed by atoms with E-state index in [1.165, 1.54) is 0 Å². The summed E-state index contributed by atoms with van der Waals surface area (Å²) in [6.07, 6.45) is 0.0502. The minimum Gasteiger partial charge on any atom is -0.627 e. The minimum absolute atomic E-state index is 0.0183. The largest absolute Gasteiger partial charge is 0.627 e. The Balaban J connectivity index is 3.89. The maximum absolute atomic E-state index is 10.9. The number of hydrogen-bond donors (Lipinski definition) is 3. The molecule has 0 amide bonds. The summed E-state index contributed by atoms with van der Waals surface area (Å²) in [5.41, 5.74) is 5.91. The molecule has 0 aromatic heterocycles. The van der Waals surface area contributed by atoms with Crippen LogP contribution in [0, 0.1) is 0 Å². The van der Waals surface area contributed by atoms with Crippen LogP contribution in [0.15, 0.2) is 0 Å². The van der Waals surface area contributed by atoms with Crippen molar-refractivity contribution in [2.75, 3.05) is 6.16 Å². The van der Waals surface area contributed by atoms with E-state index in [2.05, 4.69) is 0 Å². The van der Waals surface area contributed by atoms with Gasteiger partial charge in [0.15, 0.2) is 0 Å². The predicted octanol–water partition coefficient (Wildman–Crippen LogP) is -0.960. The smallest absolute Gasteiger partial charge is 0.583 e. The molecule has 3 atom stereocenters. The van der Waals surface area contributed by atoms with Crippen LogP contribution in [0.25, 0.3) is 0 Å². The zero-order valence-corrected chi connectivity index (χ0v) is 8.45. The summed E-state index contributed by atoms with van der Waals surface area (Å²) in [6, 6.07) is -1.07. The molecule has 0 saturated carbocycles. The zero-order chi connectivity index (χ0) is 10.4. The van der Waals surface area contributed by atoms with Crippen molar-refractivity contribution in [2.45, 2.75) is 12.5 Å². The summed E-state index contributed by atoms with van der Waals surface area (Å²) in [7, 11) is -4.46. The van der Waals surface area contributed by atoms with E-state index in [0.29, 0.717) is 0 Å². The first-order valence-corrected chi connectivity index (χ1v) is 6.15. The molecule has 0 aliphatic carbocycles. The van der Waals surface area contributed by atoms with Gasteiger partial charge >= 0.3 is 19.5 Å². The summed E-state index contributed by atoms with van der Waals surface area (Å²) in [5.74, 6) is -1.17. The summed E-state index contributed by atoms with van der Waals surface area (Å²) < 4.78 is 10.1. The summed E-state index contributed by atoms with van der Waals surface area (Å²) in [4.78, 5) is 29.4. The van der Waals surface area contributed by atoms with Gasteiger partial charge in [-0.2, -0.15) is 4.89 Å². The van der Waals surface area contributed by atoms with Gasteiger partial charge in [-0.25, -0.2) is 0 Å². The van der Waals surface area contributed by atoms with Crippen molar-refractivity contribution >= 4 is 27.3 Å². The second kappa shape index (κ2) is 6.13. The average Bonchev–Trinajstić information content (AvgIpc) is 1.98. The third kappa shape index (κ3) is 6.75. The molecule has 6 nitrogen and oxygen atoms in total. The highest BCUT2D eigenvalue weighted by atomic mass is 31.2. The van der Waals surface area contributed by atoms with E-state index in [1.54, 1.807) is 0 Å². The van der Waals surface area contributed by atoms with Crippen LogP contribution in [0.5, 0.6) is 0 Å². The number of nitrogens with two attached hydrogens (primary N) is 1. The zero-order valence-electron chi connectivity index (χ0n) is 6.66. The maximum atomic E-state index is 10.9. The average molecular weight is 226 g/mol. The second-order valence-corrected chi connectivity index (χ2v) is 5.10. The number of carboxylic acids is 1. The molecule has 0 fully saturated rings. The van der Waals surface area contributed by atoms with Gasteiger partial charge in [-0.3, -0.25) is 4.79 Å². The van der Waals surface area contributed by atoms with Crippen LogP contribution in [0.4, 0.5) is 0 Å². The van der Waals surface area contributed by atoms with E-state index in [9.17, 15) is 14.3 Å². The molecule has 0 radical (unpaired) electrons. The summed E-state index contributed by atoms with van der Waals surface area (Å²) in [6.45, 7) is 0. The van der Waals surface area contributed by atoms with Crippen LogP contribution in [0.2, 0.25) is 0 Å². The van der Waals surface area contributed by atoms with Gasteiger partial charge in [-0.05, 0) is 4.57 Å². The van der Waals surface area contributed by atoms with Gasteiger partial charge in [0.25, 0.3) is 0 Å². The van der Waals surface area contributed by atoms with Gasteiger partial charge < -0.3 is 15.7 Å². The molecule has 13 heavy (non-hydrogen) atoms. The van der Waals surface area contributed by atoms with Gasteiger partial charge in [-0.15, -0.1) is 0 Å². The van der Waals surface area contributed by atoms with Crippen molar-refractivity contribution in [3.8, 4) is 0 Å². The van der Waals surface area contributed by atoms with Crippen LogP contribution in [-0.2, 0) is 9.36 Å². The summed E-state index contributed by atoms with van der Waals surface area (Å²) >= 11 is 0. The van der Waals surface area contributed by atoms with E-state index in [4.69, 9.17) is 15.7 Å². The Bertz CT molecular complexity index is 241. The fourth-order valence-corrected chi connectivity index (χ4v) is 2.43. The Morgan fingerprint density at radius 1 is 1.69 bits per heavy atom. The Morgan fingerprint density at radius 3 is 2.62 bits per heavy atom. The molecule has 0 saturated heterocycles. The standard InChI is InChI=1S/C5H9NO5P2/c6-4(5(7)8)1-2-12(9)3-13(10)11/h3-4H,1-2,6H2,(H-,7,8,10,11)/p+1. The number of hydrogen-bond acceptors (Lipinski definition) is 4. The Labute approximate surface area is 76.7 Å². The fraction of sp³-hybridized carbons (Fsp3) is 0.600. The highest BCUT2D eigenvalue weighted by molar-refractivity contribution is 7.74. The molecule has 3 unspecified atom stereocenters. The van der Waals surface area contributed by atoms with E-state index in [-0.39, 0.29) is 12.6 Å². The Kier molecular flexibility index (Phi) is 5.95. The maximum Gasteiger partial charge on any atom is 0.583 e. The molecule has 0 aromatic carbocycles. The normalized spacial score (nSPS) is 15.3. The van der Waals surface area contributed by atoms with Crippen molar-refractivity contribution in [2.24, 2.45) is 5.73 Å². The molecular weight excluding hydrogens is 216 g/mol. The third-order valence-corrected chi connectivity index (χ3v) is 3.72. The molecule has 4 N–H and O–H groups in total. The van der Waals surface area contributed by atoms with Crippen LogP contribution in [0.3, 0.4) is 0 Å². The van der Waals surface area contributed by atoms with Crippen LogP contribution >= 0.6 is 15.8 Å². The predicted molar refractivity (Wildman–Crippen MR) is 47.9 cm³/mol. The molecule has 0 heterocycles. The lowest BCUT2D eigenvalue weighted by molar-refractivity contribution is -0.152. The molecule has 0 aromatic rings. The molecule has 0 spiro atoms. The first-order chi connectivity index (χ1) is 5.93. The molecule has 0 aliphatic rings. The SMILES string of the molecule is NC(CC[P+]([O-])=C[P+](=O)O)C(=O)O. The quantitative estimate of drug-likeness (QED) is 0.518. The van der Waals surface area contributed by atoms with Crippen LogP contribution < -0.4 is 10.6 Å².